The van der Waals surface area contributed by atoms with Crippen LogP contribution in [0.4, 0.5) is 5.82 Å². The van der Waals surface area contributed by atoms with Crippen molar-refractivity contribution in [2.24, 2.45) is 5.41 Å². The first-order valence-electron chi connectivity index (χ1n) is 8.81. The topological polar surface area (TPSA) is 45.2 Å². The van der Waals surface area contributed by atoms with Crippen LogP contribution in [0.2, 0.25) is 0 Å². The van der Waals surface area contributed by atoms with Crippen LogP contribution in [-0.4, -0.2) is 21.8 Å². The highest BCUT2D eigenvalue weighted by atomic mass is 32.1. The molecule has 25 heavy (non-hydrogen) atoms. The van der Waals surface area contributed by atoms with Gasteiger partial charge in [-0.25, -0.2) is 4.98 Å². The minimum atomic E-state index is -0.443. The number of hydrogen-bond donors (Lipinski definition) is 1. The van der Waals surface area contributed by atoms with Gasteiger partial charge < -0.3 is 5.32 Å². The minimum Gasteiger partial charge on any atom is -0.310 e. The Hall–Kier alpha value is -1.72. The van der Waals surface area contributed by atoms with Gasteiger partial charge in [-0.15, -0.1) is 0 Å². The smallest absolute Gasteiger partial charge is 0.230 e. The second-order valence-corrected chi connectivity index (χ2v) is 8.29. The lowest BCUT2D eigenvalue weighted by atomic mass is 9.95. The van der Waals surface area contributed by atoms with E-state index >= 15 is 0 Å². The van der Waals surface area contributed by atoms with Gasteiger partial charge in [-0.05, 0) is 41.8 Å². The Kier molecular flexibility index (Phi) is 6.73. The third-order valence-electron chi connectivity index (χ3n) is 4.36. The molecule has 0 saturated carbocycles. The van der Waals surface area contributed by atoms with E-state index < -0.39 is 5.41 Å². The molecule has 0 aliphatic carbocycles. The average molecular weight is 360 g/mol. The van der Waals surface area contributed by atoms with Gasteiger partial charge in [0.1, 0.15) is 5.82 Å². The Morgan fingerprint density at radius 1 is 1.32 bits per heavy atom. The van der Waals surface area contributed by atoms with Crippen LogP contribution >= 0.6 is 11.3 Å². The van der Waals surface area contributed by atoms with Crippen molar-refractivity contribution < 1.29 is 4.79 Å². The average Bonchev–Trinajstić information content (AvgIpc) is 3.07. The van der Waals surface area contributed by atoms with E-state index in [-0.39, 0.29) is 5.91 Å². The van der Waals surface area contributed by atoms with Crippen LogP contribution in [0.25, 0.3) is 0 Å². The van der Waals surface area contributed by atoms with E-state index in [0.29, 0.717) is 11.9 Å². The maximum absolute atomic E-state index is 12.4. The van der Waals surface area contributed by atoms with E-state index in [1.54, 1.807) is 17.5 Å². The number of carbonyl (C=O) groups is 1. The second kappa shape index (κ2) is 8.59. The molecule has 2 rings (SSSR count). The molecule has 2 aromatic rings. The molecule has 1 atom stereocenters. The summed E-state index contributed by atoms with van der Waals surface area (Å²) in [5.41, 5.74) is 1.94. The summed E-state index contributed by atoms with van der Waals surface area (Å²) in [6.45, 7) is 11.8. The molecule has 136 valence electrons. The lowest BCUT2D eigenvalue weighted by Gasteiger charge is -2.29. The molecule has 0 bridgehead atoms. The summed E-state index contributed by atoms with van der Waals surface area (Å²) in [5.74, 6) is 0.654. The molecule has 2 heterocycles. The Morgan fingerprint density at radius 2 is 2.08 bits per heavy atom. The standard InChI is InChI=1S/C20H29N3OS/c1-6-15(2)23(12-16-9-11-25-14-16)13-17-8-7-10-21-18(17)22-19(24)20(3,4)5/h7-11,14-15H,6,12-13H2,1-5H3,(H,21,22,24)/t15-/m1/s1. The summed E-state index contributed by atoms with van der Waals surface area (Å²) < 4.78 is 0. The molecular weight excluding hydrogens is 330 g/mol. The number of amides is 1. The molecule has 5 heteroatoms. The zero-order valence-corrected chi connectivity index (χ0v) is 16.7. The number of pyridine rings is 1. The highest BCUT2D eigenvalue weighted by molar-refractivity contribution is 7.07. The predicted molar refractivity (Wildman–Crippen MR) is 106 cm³/mol. The van der Waals surface area contributed by atoms with E-state index in [1.807, 2.05) is 32.9 Å². The van der Waals surface area contributed by atoms with Crippen molar-refractivity contribution >= 4 is 23.1 Å². The maximum atomic E-state index is 12.4. The molecule has 0 aliphatic heterocycles. The first kappa shape index (κ1) is 19.6. The third kappa shape index (κ3) is 5.65. The fourth-order valence-electron chi connectivity index (χ4n) is 2.44. The zero-order valence-electron chi connectivity index (χ0n) is 15.9. The van der Waals surface area contributed by atoms with Crippen LogP contribution < -0.4 is 5.32 Å². The van der Waals surface area contributed by atoms with E-state index in [9.17, 15) is 4.79 Å². The summed E-state index contributed by atoms with van der Waals surface area (Å²) in [5, 5.41) is 7.31. The zero-order chi connectivity index (χ0) is 18.4. The van der Waals surface area contributed by atoms with Gasteiger partial charge in [-0.1, -0.05) is 33.8 Å². The molecule has 0 fully saturated rings. The van der Waals surface area contributed by atoms with Gasteiger partial charge in [0.15, 0.2) is 0 Å². The van der Waals surface area contributed by atoms with Crippen LogP contribution in [0, 0.1) is 5.41 Å². The molecule has 1 amide bonds. The number of nitrogens with one attached hydrogen (secondary N) is 1. The summed E-state index contributed by atoms with van der Waals surface area (Å²) in [7, 11) is 0. The lowest BCUT2D eigenvalue weighted by molar-refractivity contribution is -0.123. The Balaban J connectivity index is 2.19. The van der Waals surface area contributed by atoms with E-state index in [1.165, 1.54) is 5.56 Å². The molecular formula is C20H29N3OS. The minimum absolute atomic E-state index is 0.0135. The fourth-order valence-corrected chi connectivity index (χ4v) is 3.10. The van der Waals surface area contributed by atoms with Crippen LogP contribution in [0.1, 0.15) is 52.2 Å². The molecule has 0 spiro atoms. The third-order valence-corrected chi connectivity index (χ3v) is 5.09. The van der Waals surface area contributed by atoms with Crippen LogP contribution in [0.3, 0.4) is 0 Å². The SMILES string of the molecule is CC[C@@H](C)N(Cc1ccsc1)Cc1cccnc1NC(=O)C(C)(C)C. The second-order valence-electron chi connectivity index (χ2n) is 7.51. The highest BCUT2D eigenvalue weighted by Gasteiger charge is 2.23. The first-order valence-corrected chi connectivity index (χ1v) is 9.76. The van der Waals surface area contributed by atoms with Crippen LogP contribution in [0.5, 0.6) is 0 Å². The predicted octanol–water partition coefficient (Wildman–Crippen LogP) is 4.93. The van der Waals surface area contributed by atoms with Crippen molar-refractivity contribution in [2.45, 2.75) is 60.2 Å². The van der Waals surface area contributed by atoms with Gasteiger partial charge >= 0.3 is 0 Å². The van der Waals surface area contributed by atoms with E-state index in [2.05, 4.69) is 45.9 Å². The molecule has 0 unspecified atom stereocenters. The lowest BCUT2D eigenvalue weighted by Crippen LogP contribution is -2.33. The van der Waals surface area contributed by atoms with Gasteiger partial charge in [0, 0.05) is 36.3 Å². The molecule has 0 radical (unpaired) electrons. The van der Waals surface area contributed by atoms with Gasteiger partial charge in [0.25, 0.3) is 0 Å². The highest BCUT2D eigenvalue weighted by Crippen LogP contribution is 2.22. The van der Waals surface area contributed by atoms with Gasteiger partial charge in [0.05, 0.1) is 0 Å². The van der Waals surface area contributed by atoms with E-state index in [0.717, 1.165) is 25.1 Å². The van der Waals surface area contributed by atoms with Crippen molar-refractivity contribution in [2.75, 3.05) is 5.32 Å². The number of thiophene rings is 1. The number of anilines is 1. The number of nitrogens with zero attached hydrogens (tertiary/aromatic N) is 2. The number of carbonyl (C=O) groups excluding carboxylic acids is 1. The van der Waals surface area contributed by atoms with Crippen molar-refractivity contribution in [3.63, 3.8) is 0 Å². The fraction of sp³-hybridized carbons (Fsp3) is 0.500. The summed E-state index contributed by atoms with van der Waals surface area (Å²) in [6, 6.07) is 6.60. The Labute approximate surface area is 155 Å². The van der Waals surface area contributed by atoms with Gasteiger partial charge in [-0.2, -0.15) is 11.3 Å². The van der Waals surface area contributed by atoms with Crippen LogP contribution in [-0.2, 0) is 17.9 Å². The van der Waals surface area contributed by atoms with Gasteiger partial charge in [-0.3, -0.25) is 9.69 Å². The summed E-state index contributed by atoms with van der Waals surface area (Å²) in [6.07, 6.45) is 2.81. The van der Waals surface area contributed by atoms with Crippen molar-refractivity contribution in [3.05, 3.63) is 46.3 Å². The monoisotopic (exact) mass is 359 g/mol. The van der Waals surface area contributed by atoms with Crippen molar-refractivity contribution in [1.82, 2.24) is 9.88 Å². The molecule has 0 aliphatic rings. The molecule has 0 aromatic carbocycles. The number of aromatic nitrogens is 1. The maximum Gasteiger partial charge on any atom is 0.230 e. The van der Waals surface area contributed by atoms with Gasteiger partial charge in [0.2, 0.25) is 5.91 Å². The Bertz CT molecular complexity index is 676. The normalized spacial score (nSPS) is 13.0. The quantitative estimate of drug-likeness (QED) is 0.762. The van der Waals surface area contributed by atoms with Crippen molar-refractivity contribution in [1.29, 1.82) is 0 Å². The first-order chi connectivity index (χ1) is 11.8. The number of hydrogen-bond acceptors (Lipinski definition) is 4. The molecule has 2 aromatic heterocycles. The summed E-state index contributed by atoms with van der Waals surface area (Å²) >= 11 is 1.73. The molecule has 1 N–H and O–H groups in total. The molecule has 0 saturated heterocycles. The number of rotatable bonds is 7. The molecule has 4 nitrogen and oxygen atoms in total. The largest absolute Gasteiger partial charge is 0.310 e. The van der Waals surface area contributed by atoms with Crippen molar-refractivity contribution in [3.8, 4) is 0 Å². The summed E-state index contributed by atoms with van der Waals surface area (Å²) in [4.78, 5) is 19.2. The van der Waals surface area contributed by atoms with E-state index in [4.69, 9.17) is 0 Å². The Morgan fingerprint density at radius 3 is 2.68 bits per heavy atom. The van der Waals surface area contributed by atoms with Crippen LogP contribution in [0.15, 0.2) is 35.2 Å².